The number of aryl methyl sites for hydroxylation is 1. The van der Waals surface area contributed by atoms with Crippen LogP contribution in [0.15, 0.2) is 6.20 Å². The van der Waals surface area contributed by atoms with Crippen LogP contribution in [-0.4, -0.2) is 28.2 Å². The van der Waals surface area contributed by atoms with E-state index in [0.717, 1.165) is 25.1 Å². The maximum Gasteiger partial charge on any atom is 0.0906 e. The molecule has 16 heavy (non-hydrogen) atoms. The summed E-state index contributed by atoms with van der Waals surface area (Å²) in [5.74, 6) is 5.58. The molecule has 6 heteroatoms. The van der Waals surface area contributed by atoms with Gasteiger partial charge in [0.15, 0.2) is 0 Å². The lowest BCUT2D eigenvalue weighted by Gasteiger charge is -2.24. The van der Waals surface area contributed by atoms with E-state index in [4.69, 9.17) is 10.6 Å². The van der Waals surface area contributed by atoms with Crippen LogP contribution in [0.4, 0.5) is 0 Å². The first-order valence-corrected chi connectivity index (χ1v) is 5.65. The number of ether oxygens (including phenoxy) is 1. The quantitative estimate of drug-likeness (QED) is 0.527. The highest BCUT2D eigenvalue weighted by atomic mass is 16.5. The lowest BCUT2D eigenvalue weighted by Crippen LogP contribution is -2.38. The second-order valence-corrected chi connectivity index (χ2v) is 3.71. The van der Waals surface area contributed by atoms with Crippen molar-refractivity contribution in [2.45, 2.75) is 45.4 Å². The van der Waals surface area contributed by atoms with Crippen LogP contribution in [0, 0.1) is 0 Å². The Balaban J connectivity index is 2.88. The topological polar surface area (TPSA) is 78.0 Å². The zero-order chi connectivity index (χ0) is 12.0. The Bertz CT molecular complexity index is 297. The average molecular weight is 227 g/mol. The molecular formula is C10H21N5O. The monoisotopic (exact) mass is 227 g/mol. The van der Waals surface area contributed by atoms with Gasteiger partial charge in [-0.3, -0.25) is 5.84 Å². The standard InChI is InChI=1S/C10H21N5O/c1-4-6-15-8(7-12-14-15)10(13-11)9(5-2)16-3/h7,9-10,13H,4-6,11H2,1-3H3. The fourth-order valence-electron chi connectivity index (χ4n) is 1.81. The number of aromatic nitrogens is 3. The van der Waals surface area contributed by atoms with Gasteiger partial charge >= 0.3 is 0 Å². The molecule has 0 aliphatic heterocycles. The molecule has 2 unspecified atom stereocenters. The van der Waals surface area contributed by atoms with E-state index in [1.807, 2.05) is 4.68 Å². The Labute approximate surface area is 96.1 Å². The highest BCUT2D eigenvalue weighted by Crippen LogP contribution is 2.19. The number of hydrogen-bond donors (Lipinski definition) is 2. The van der Waals surface area contributed by atoms with E-state index in [1.54, 1.807) is 13.3 Å². The van der Waals surface area contributed by atoms with Crippen LogP contribution in [0.25, 0.3) is 0 Å². The molecule has 1 aromatic heterocycles. The predicted molar refractivity (Wildman–Crippen MR) is 61.5 cm³/mol. The van der Waals surface area contributed by atoms with Crippen molar-refractivity contribution >= 4 is 0 Å². The van der Waals surface area contributed by atoms with Crippen molar-refractivity contribution in [1.82, 2.24) is 20.4 Å². The molecule has 0 aliphatic carbocycles. The summed E-state index contributed by atoms with van der Waals surface area (Å²) >= 11 is 0. The van der Waals surface area contributed by atoms with Gasteiger partial charge in [-0.2, -0.15) is 0 Å². The first kappa shape index (κ1) is 13.1. The zero-order valence-electron chi connectivity index (χ0n) is 10.2. The molecule has 2 atom stereocenters. The van der Waals surface area contributed by atoms with Crippen molar-refractivity contribution in [3.05, 3.63) is 11.9 Å². The summed E-state index contributed by atoms with van der Waals surface area (Å²) in [5.41, 5.74) is 3.75. The number of nitrogens with zero attached hydrogens (tertiary/aromatic N) is 3. The minimum Gasteiger partial charge on any atom is -0.379 e. The minimum absolute atomic E-state index is 0.0270. The molecule has 0 spiro atoms. The molecule has 0 bridgehead atoms. The summed E-state index contributed by atoms with van der Waals surface area (Å²) in [6, 6.07) is -0.0726. The van der Waals surface area contributed by atoms with Crippen LogP contribution in [-0.2, 0) is 11.3 Å². The van der Waals surface area contributed by atoms with Gasteiger partial charge < -0.3 is 4.74 Å². The number of hydrazine groups is 1. The van der Waals surface area contributed by atoms with Gasteiger partial charge in [-0.15, -0.1) is 5.10 Å². The molecule has 0 aromatic carbocycles. The number of hydrogen-bond acceptors (Lipinski definition) is 5. The Morgan fingerprint density at radius 1 is 1.56 bits per heavy atom. The third kappa shape index (κ3) is 2.78. The number of methoxy groups -OCH3 is 1. The van der Waals surface area contributed by atoms with E-state index in [1.165, 1.54) is 0 Å². The zero-order valence-corrected chi connectivity index (χ0v) is 10.2. The smallest absolute Gasteiger partial charge is 0.0906 e. The highest BCUT2D eigenvalue weighted by molar-refractivity contribution is 5.04. The van der Waals surface area contributed by atoms with Gasteiger partial charge in [-0.05, 0) is 12.8 Å². The van der Waals surface area contributed by atoms with Crippen molar-refractivity contribution in [2.24, 2.45) is 5.84 Å². The van der Waals surface area contributed by atoms with Crippen molar-refractivity contribution < 1.29 is 4.74 Å². The third-order valence-corrected chi connectivity index (χ3v) is 2.66. The third-order valence-electron chi connectivity index (χ3n) is 2.66. The molecule has 0 saturated carbocycles. The van der Waals surface area contributed by atoms with Crippen LogP contribution < -0.4 is 11.3 Å². The summed E-state index contributed by atoms with van der Waals surface area (Å²) in [7, 11) is 1.69. The molecule has 1 aromatic rings. The maximum atomic E-state index is 5.58. The molecule has 0 radical (unpaired) electrons. The predicted octanol–water partition coefficient (Wildman–Crippen LogP) is 0.617. The average Bonchev–Trinajstić information content (AvgIpc) is 2.74. The van der Waals surface area contributed by atoms with E-state index < -0.39 is 0 Å². The molecule has 0 amide bonds. The fraction of sp³-hybridized carbons (Fsp3) is 0.800. The normalized spacial score (nSPS) is 15.0. The van der Waals surface area contributed by atoms with Gasteiger partial charge in [0.1, 0.15) is 0 Å². The SMILES string of the molecule is CCCn1nncc1C(NN)C(CC)OC. The van der Waals surface area contributed by atoms with E-state index in [0.29, 0.717) is 0 Å². The van der Waals surface area contributed by atoms with Gasteiger partial charge in [-0.25, -0.2) is 10.1 Å². The Morgan fingerprint density at radius 3 is 2.81 bits per heavy atom. The van der Waals surface area contributed by atoms with Crippen LogP contribution in [0.5, 0.6) is 0 Å². The van der Waals surface area contributed by atoms with Crippen LogP contribution >= 0.6 is 0 Å². The number of nitrogens with one attached hydrogen (secondary N) is 1. The summed E-state index contributed by atoms with van der Waals surface area (Å²) in [5, 5.41) is 7.96. The number of rotatable bonds is 7. The van der Waals surface area contributed by atoms with Gasteiger partial charge in [0, 0.05) is 13.7 Å². The van der Waals surface area contributed by atoms with Gasteiger partial charge in [-0.1, -0.05) is 19.1 Å². The molecule has 6 nitrogen and oxygen atoms in total. The molecule has 92 valence electrons. The Hall–Kier alpha value is -0.980. The molecule has 3 N–H and O–H groups in total. The second kappa shape index (κ2) is 6.57. The molecule has 1 heterocycles. The van der Waals surface area contributed by atoms with Gasteiger partial charge in [0.25, 0.3) is 0 Å². The van der Waals surface area contributed by atoms with Crippen molar-refractivity contribution in [2.75, 3.05) is 7.11 Å². The molecule has 0 fully saturated rings. The van der Waals surface area contributed by atoms with Crippen molar-refractivity contribution in [3.8, 4) is 0 Å². The van der Waals surface area contributed by atoms with Gasteiger partial charge in [0.05, 0.1) is 24.0 Å². The van der Waals surface area contributed by atoms with E-state index in [-0.39, 0.29) is 12.1 Å². The maximum absolute atomic E-state index is 5.58. The lowest BCUT2D eigenvalue weighted by molar-refractivity contribution is 0.0622. The minimum atomic E-state index is -0.0726. The highest BCUT2D eigenvalue weighted by Gasteiger charge is 2.24. The first-order valence-electron chi connectivity index (χ1n) is 5.65. The molecule has 1 rings (SSSR count). The van der Waals surface area contributed by atoms with E-state index in [9.17, 15) is 0 Å². The lowest BCUT2D eigenvalue weighted by atomic mass is 10.1. The first-order chi connectivity index (χ1) is 7.78. The van der Waals surface area contributed by atoms with Crippen LogP contribution in [0.1, 0.15) is 38.4 Å². The molecule has 0 saturated heterocycles. The Kier molecular flexibility index (Phi) is 5.37. The summed E-state index contributed by atoms with van der Waals surface area (Å²) < 4.78 is 7.27. The number of nitrogens with two attached hydrogens (primary N) is 1. The summed E-state index contributed by atoms with van der Waals surface area (Å²) in [6.45, 7) is 5.00. The van der Waals surface area contributed by atoms with E-state index >= 15 is 0 Å². The summed E-state index contributed by atoms with van der Waals surface area (Å²) in [6.07, 6.45) is 3.65. The second-order valence-electron chi connectivity index (χ2n) is 3.71. The Morgan fingerprint density at radius 2 is 2.31 bits per heavy atom. The largest absolute Gasteiger partial charge is 0.379 e. The molecule has 0 aliphatic rings. The van der Waals surface area contributed by atoms with Crippen LogP contribution in [0.3, 0.4) is 0 Å². The fourth-order valence-corrected chi connectivity index (χ4v) is 1.81. The molecular weight excluding hydrogens is 206 g/mol. The van der Waals surface area contributed by atoms with Crippen LogP contribution in [0.2, 0.25) is 0 Å². The van der Waals surface area contributed by atoms with E-state index in [2.05, 4.69) is 29.6 Å². The van der Waals surface area contributed by atoms with Gasteiger partial charge in [0.2, 0.25) is 0 Å². The summed E-state index contributed by atoms with van der Waals surface area (Å²) in [4.78, 5) is 0. The van der Waals surface area contributed by atoms with Crippen molar-refractivity contribution in [3.63, 3.8) is 0 Å². The van der Waals surface area contributed by atoms with Crippen molar-refractivity contribution in [1.29, 1.82) is 0 Å².